The van der Waals surface area contributed by atoms with Gasteiger partial charge in [0.05, 0.1) is 18.3 Å². The monoisotopic (exact) mass is 407 g/mol. The molecular formula is C15H11Br2N3O. The van der Waals surface area contributed by atoms with Crippen molar-refractivity contribution in [3.8, 4) is 5.75 Å². The van der Waals surface area contributed by atoms with E-state index in [1.165, 1.54) is 0 Å². The lowest BCUT2D eigenvalue weighted by Crippen LogP contribution is -1.95. The van der Waals surface area contributed by atoms with Gasteiger partial charge in [0.2, 0.25) is 0 Å². The van der Waals surface area contributed by atoms with E-state index >= 15 is 0 Å². The molecule has 2 aromatic heterocycles. The Labute approximate surface area is 138 Å². The molecule has 4 nitrogen and oxygen atoms in total. The van der Waals surface area contributed by atoms with E-state index in [2.05, 4.69) is 47.1 Å². The fourth-order valence-electron chi connectivity index (χ4n) is 2.01. The van der Waals surface area contributed by atoms with E-state index < -0.39 is 0 Å². The number of rotatable bonds is 3. The molecule has 0 fully saturated rings. The third kappa shape index (κ3) is 3.16. The topological polar surface area (TPSA) is 47.0 Å². The number of nitrogens with zero attached hydrogens (tertiary/aromatic N) is 2. The van der Waals surface area contributed by atoms with Gasteiger partial charge in [-0.1, -0.05) is 15.9 Å². The van der Waals surface area contributed by atoms with Gasteiger partial charge in [-0.25, -0.2) is 0 Å². The van der Waals surface area contributed by atoms with Crippen LogP contribution < -0.4 is 10.1 Å². The summed E-state index contributed by atoms with van der Waals surface area (Å²) < 4.78 is 7.12. The zero-order valence-corrected chi connectivity index (χ0v) is 14.3. The van der Waals surface area contributed by atoms with Crippen molar-refractivity contribution in [2.45, 2.75) is 0 Å². The van der Waals surface area contributed by atoms with E-state index in [0.29, 0.717) is 0 Å². The molecule has 0 saturated heterocycles. The second kappa shape index (κ2) is 5.99. The summed E-state index contributed by atoms with van der Waals surface area (Å²) in [4.78, 5) is 8.76. The van der Waals surface area contributed by atoms with E-state index in [1.807, 2.05) is 30.3 Å². The molecule has 106 valence electrons. The second-order valence-electron chi connectivity index (χ2n) is 4.38. The smallest absolute Gasteiger partial charge is 0.122 e. The Balaban J connectivity index is 2.04. The summed E-state index contributed by atoms with van der Waals surface area (Å²) in [7, 11) is 1.65. The van der Waals surface area contributed by atoms with Crippen LogP contribution in [-0.2, 0) is 0 Å². The van der Waals surface area contributed by atoms with Crippen molar-refractivity contribution in [2.24, 2.45) is 0 Å². The lowest BCUT2D eigenvalue weighted by molar-refractivity contribution is 0.415. The minimum atomic E-state index is 0.779. The lowest BCUT2D eigenvalue weighted by Gasteiger charge is -2.11. The molecule has 3 aromatic rings. The predicted octanol–water partition coefficient (Wildman–Crippen LogP) is 4.91. The second-order valence-corrected chi connectivity index (χ2v) is 6.22. The number of anilines is 2. The number of nitrogens with one attached hydrogen (secondary N) is 1. The molecular weight excluding hydrogens is 398 g/mol. The number of aromatic nitrogens is 2. The van der Waals surface area contributed by atoms with Crippen LogP contribution in [0.4, 0.5) is 11.4 Å². The van der Waals surface area contributed by atoms with Gasteiger partial charge in [-0.15, -0.1) is 0 Å². The van der Waals surface area contributed by atoms with Gasteiger partial charge in [-0.2, -0.15) is 0 Å². The minimum Gasteiger partial charge on any atom is -0.497 e. The molecule has 0 unspecified atom stereocenters. The van der Waals surface area contributed by atoms with E-state index in [0.717, 1.165) is 37.1 Å². The van der Waals surface area contributed by atoms with Crippen LogP contribution in [0.1, 0.15) is 0 Å². The number of fused-ring (bicyclic) bond motifs is 1. The summed E-state index contributed by atoms with van der Waals surface area (Å²) in [5.74, 6) is 0.779. The average Bonchev–Trinajstić information content (AvgIpc) is 2.46. The average molecular weight is 409 g/mol. The number of halogens is 2. The Morgan fingerprint density at radius 3 is 2.71 bits per heavy atom. The maximum Gasteiger partial charge on any atom is 0.122 e. The van der Waals surface area contributed by atoms with Gasteiger partial charge >= 0.3 is 0 Å². The zero-order chi connectivity index (χ0) is 14.8. The van der Waals surface area contributed by atoms with Crippen LogP contribution in [0.15, 0.2) is 51.7 Å². The van der Waals surface area contributed by atoms with Crippen molar-refractivity contribution in [2.75, 3.05) is 12.4 Å². The van der Waals surface area contributed by atoms with Gasteiger partial charge in [-0.3, -0.25) is 9.97 Å². The van der Waals surface area contributed by atoms with Gasteiger partial charge in [0.1, 0.15) is 11.3 Å². The number of benzene rings is 1. The first-order chi connectivity index (χ1) is 10.2. The van der Waals surface area contributed by atoms with Crippen molar-refractivity contribution in [3.05, 3.63) is 51.7 Å². The largest absolute Gasteiger partial charge is 0.497 e. The highest BCUT2D eigenvalue weighted by atomic mass is 79.9. The van der Waals surface area contributed by atoms with Gasteiger partial charge in [0.25, 0.3) is 0 Å². The first-order valence-corrected chi connectivity index (χ1v) is 7.76. The van der Waals surface area contributed by atoms with E-state index in [9.17, 15) is 0 Å². The Morgan fingerprint density at radius 1 is 1.05 bits per heavy atom. The van der Waals surface area contributed by atoms with Gasteiger partial charge in [0.15, 0.2) is 0 Å². The van der Waals surface area contributed by atoms with Gasteiger partial charge in [0, 0.05) is 33.1 Å². The third-order valence-corrected chi connectivity index (χ3v) is 3.82. The number of hydrogen-bond acceptors (Lipinski definition) is 4. The number of ether oxygens (including phenoxy) is 1. The summed E-state index contributed by atoms with van der Waals surface area (Å²) in [6.45, 7) is 0. The summed E-state index contributed by atoms with van der Waals surface area (Å²) in [5.41, 5.74) is 3.46. The van der Waals surface area contributed by atoms with E-state index in [-0.39, 0.29) is 0 Å². The fraction of sp³-hybridized carbons (Fsp3) is 0.0667. The van der Waals surface area contributed by atoms with Gasteiger partial charge < -0.3 is 10.1 Å². The summed E-state index contributed by atoms with van der Waals surface area (Å²) in [5, 5.41) is 3.35. The number of hydrogen-bond donors (Lipinski definition) is 1. The Morgan fingerprint density at radius 2 is 1.90 bits per heavy atom. The first kappa shape index (κ1) is 14.3. The quantitative estimate of drug-likeness (QED) is 0.668. The lowest BCUT2D eigenvalue weighted by atomic mass is 10.2. The maximum atomic E-state index is 5.27. The molecule has 0 bridgehead atoms. The molecule has 0 saturated carbocycles. The van der Waals surface area contributed by atoms with E-state index in [4.69, 9.17) is 4.74 Å². The molecule has 1 aromatic carbocycles. The molecule has 0 aliphatic rings. The molecule has 3 rings (SSSR count). The third-order valence-electron chi connectivity index (χ3n) is 2.93. The van der Waals surface area contributed by atoms with E-state index in [1.54, 1.807) is 19.5 Å². The minimum absolute atomic E-state index is 0.779. The Hall–Kier alpha value is -1.66. The summed E-state index contributed by atoms with van der Waals surface area (Å²) >= 11 is 6.88. The molecule has 0 spiro atoms. The Kier molecular flexibility index (Phi) is 4.07. The maximum absolute atomic E-state index is 5.27. The number of methoxy groups -OCH3 is 1. The fourth-order valence-corrected chi connectivity index (χ4v) is 2.81. The molecule has 2 heterocycles. The molecule has 0 aliphatic heterocycles. The highest BCUT2D eigenvalue weighted by Gasteiger charge is 2.06. The first-order valence-electron chi connectivity index (χ1n) is 6.17. The predicted molar refractivity (Wildman–Crippen MR) is 91.2 cm³/mol. The summed E-state index contributed by atoms with van der Waals surface area (Å²) in [6, 6.07) is 9.65. The van der Waals surface area contributed by atoms with Crippen molar-refractivity contribution < 1.29 is 4.74 Å². The Bertz CT molecular complexity index is 808. The van der Waals surface area contributed by atoms with Crippen LogP contribution in [0.5, 0.6) is 5.75 Å². The molecule has 0 amide bonds. The van der Waals surface area contributed by atoms with Gasteiger partial charge in [-0.05, 0) is 40.2 Å². The highest BCUT2D eigenvalue weighted by Crippen LogP contribution is 2.29. The SMILES string of the molecule is COc1cc(Br)cc(Nc2ccnc3cc(Br)cnc23)c1. The molecule has 1 N–H and O–H groups in total. The molecule has 6 heteroatoms. The van der Waals surface area contributed by atoms with Crippen LogP contribution in [-0.4, -0.2) is 17.1 Å². The molecule has 21 heavy (non-hydrogen) atoms. The highest BCUT2D eigenvalue weighted by molar-refractivity contribution is 9.10. The van der Waals surface area contributed by atoms with Crippen LogP contribution in [0, 0.1) is 0 Å². The normalized spacial score (nSPS) is 10.6. The van der Waals surface area contributed by atoms with Crippen LogP contribution in [0.25, 0.3) is 11.0 Å². The number of pyridine rings is 2. The zero-order valence-electron chi connectivity index (χ0n) is 11.1. The van der Waals surface area contributed by atoms with Crippen molar-refractivity contribution in [3.63, 3.8) is 0 Å². The van der Waals surface area contributed by atoms with Crippen molar-refractivity contribution in [1.29, 1.82) is 0 Å². The summed E-state index contributed by atoms with van der Waals surface area (Å²) in [6.07, 6.45) is 3.52. The standard InChI is InChI=1S/C15H11Br2N3O/c1-21-12-5-9(16)4-11(7-12)20-13-2-3-18-14-6-10(17)8-19-15(13)14/h2-8H,1H3,(H,18,20). The van der Waals surface area contributed by atoms with Crippen LogP contribution in [0.2, 0.25) is 0 Å². The van der Waals surface area contributed by atoms with Crippen LogP contribution in [0.3, 0.4) is 0 Å². The molecule has 0 atom stereocenters. The van der Waals surface area contributed by atoms with Crippen molar-refractivity contribution in [1.82, 2.24) is 9.97 Å². The molecule has 0 aliphatic carbocycles. The van der Waals surface area contributed by atoms with Crippen LogP contribution >= 0.6 is 31.9 Å². The molecule has 0 radical (unpaired) electrons. The van der Waals surface area contributed by atoms with Crippen molar-refractivity contribution >= 4 is 54.3 Å².